The third-order valence-electron chi connectivity index (χ3n) is 2.80. The second kappa shape index (κ2) is 2.71. The van der Waals surface area contributed by atoms with Crippen LogP contribution in [0.2, 0.25) is 0 Å². The molecule has 2 fully saturated rings. The quantitative estimate of drug-likeness (QED) is 0.548. The summed E-state index contributed by atoms with van der Waals surface area (Å²) in [6, 6.07) is -0.156. The van der Waals surface area contributed by atoms with Crippen molar-refractivity contribution in [3.8, 4) is 0 Å². The lowest BCUT2D eigenvalue weighted by Crippen LogP contribution is -2.44. The zero-order chi connectivity index (χ0) is 8.72. The van der Waals surface area contributed by atoms with Crippen LogP contribution in [0.25, 0.3) is 0 Å². The van der Waals surface area contributed by atoms with E-state index in [9.17, 15) is 4.79 Å². The molecule has 4 heteroatoms. The normalized spacial score (nSPS) is 44.8. The predicted molar refractivity (Wildman–Crippen MR) is 41.4 cm³/mol. The number of carbonyl (C=O) groups is 1. The van der Waals surface area contributed by atoms with E-state index in [0.717, 1.165) is 12.8 Å². The van der Waals surface area contributed by atoms with E-state index < -0.39 is 0 Å². The van der Waals surface area contributed by atoms with Crippen molar-refractivity contribution in [3.05, 3.63) is 0 Å². The molecule has 2 heterocycles. The number of carbonyl (C=O) groups excluding carboxylic acids is 1. The molecule has 68 valence electrons. The predicted octanol–water partition coefficient (Wildman–Crippen LogP) is -0.336. The Hall–Kier alpha value is -0.610. The van der Waals surface area contributed by atoms with Crippen molar-refractivity contribution in [2.75, 3.05) is 7.11 Å². The summed E-state index contributed by atoms with van der Waals surface area (Å²) in [6.45, 7) is 0. The van der Waals surface area contributed by atoms with Gasteiger partial charge in [-0.15, -0.1) is 0 Å². The molecule has 12 heavy (non-hydrogen) atoms. The molecule has 0 aromatic carbocycles. The molecule has 2 bridgehead atoms. The molecule has 2 N–H and O–H groups in total. The standard InChI is InChI=1S/C8H13NO3/c1-11-8(10)6-4-2-3-5(12-4)7(6)9/h4-7H,2-3,9H2,1H3/t4-,5+,6?,7?/m1/s1. The summed E-state index contributed by atoms with van der Waals surface area (Å²) in [5, 5.41) is 0. The highest BCUT2D eigenvalue weighted by atomic mass is 16.5. The van der Waals surface area contributed by atoms with Gasteiger partial charge in [-0.05, 0) is 12.8 Å². The molecule has 0 spiro atoms. The number of methoxy groups -OCH3 is 1. The lowest BCUT2D eigenvalue weighted by Gasteiger charge is -2.21. The van der Waals surface area contributed by atoms with E-state index in [1.165, 1.54) is 7.11 Å². The van der Waals surface area contributed by atoms with E-state index >= 15 is 0 Å². The Labute approximate surface area is 71.0 Å². The number of hydrogen-bond donors (Lipinski definition) is 1. The van der Waals surface area contributed by atoms with Gasteiger partial charge >= 0.3 is 5.97 Å². The maximum absolute atomic E-state index is 11.2. The van der Waals surface area contributed by atoms with Gasteiger partial charge in [0.1, 0.15) is 5.92 Å². The maximum atomic E-state index is 11.2. The van der Waals surface area contributed by atoms with Gasteiger partial charge in [0.15, 0.2) is 0 Å². The van der Waals surface area contributed by atoms with Crippen LogP contribution in [-0.2, 0) is 14.3 Å². The average molecular weight is 171 g/mol. The van der Waals surface area contributed by atoms with Crippen LogP contribution in [0.5, 0.6) is 0 Å². The van der Waals surface area contributed by atoms with Gasteiger partial charge in [0.05, 0.1) is 19.3 Å². The molecule has 0 amide bonds. The lowest BCUT2D eigenvalue weighted by atomic mass is 9.85. The Bertz CT molecular complexity index is 204. The van der Waals surface area contributed by atoms with Crippen molar-refractivity contribution < 1.29 is 14.3 Å². The fourth-order valence-corrected chi connectivity index (χ4v) is 2.16. The third kappa shape index (κ3) is 0.949. The highest BCUT2D eigenvalue weighted by Gasteiger charge is 2.51. The fourth-order valence-electron chi connectivity index (χ4n) is 2.16. The second-order valence-electron chi connectivity index (χ2n) is 3.42. The van der Waals surface area contributed by atoms with Crippen molar-refractivity contribution in [1.29, 1.82) is 0 Å². The van der Waals surface area contributed by atoms with E-state index in [0.29, 0.717) is 0 Å². The Balaban J connectivity index is 2.12. The van der Waals surface area contributed by atoms with Gasteiger partial charge in [-0.2, -0.15) is 0 Å². The summed E-state index contributed by atoms with van der Waals surface area (Å²) in [4.78, 5) is 11.2. The van der Waals surface area contributed by atoms with Crippen LogP contribution in [0.3, 0.4) is 0 Å². The highest BCUT2D eigenvalue weighted by Crippen LogP contribution is 2.38. The number of fused-ring (bicyclic) bond motifs is 2. The largest absolute Gasteiger partial charge is 0.469 e. The van der Waals surface area contributed by atoms with Crippen LogP contribution < -0.4 is 5.73 Å². The van der Waals surface area contributed by atoms with Gasteiger partial charge in [0.25, 0.3) is 0 Å². The Kier molecular flexibility index (Phi) is 1.81. The van der Waals surface area contributed by atoms with Crippen molar-refractivity contribution in [1.82, 2.24) is 0 Å². The zero-order valence-corrected chi connectivity index (χ0v) is 7.03. The van der Waals surface area contributed by atoms with Crippen LogP contribution in [0.4, 0.5) is 0 Å². The first-order valence-electron chi connectivity index (χ1n) is 4.23. The van der Waals surface area contributed by atoms with E-state index in [4.69, 9.17) is 10.5 Å². The molecule has 2 saturated heterocycles. The molecule has 4 nitrogen and oxygen atoms in total. The summed E-state index contributed by atoms with van der Waals surface area (Å²) in [6.07, 6.45) is 2.02. The van der Waals surface area contributed by atoms with Crippen LogP contribution in [0.15, 0.2) is 0 Å². The topological polar surface area (TPSA) is 61.5 Å². The molecule has 0 aliphatic carbocycles. The number of hydrogen-bond acceptors (Lipinski definition) is 4. The molecule has 4 atom stereocenters. The van der Waals surface area contributed by atoms with Gasteiger partial charge in [-0.1, -0.05) is 0 Å². The number of nitrogens with two attached hydrogens (primary N) is 1. The minimum Gasteiger partial charge on any atom is -0.469 e. The SMILES string of the molecule is COC(=O)C1C(N)[C@@H]2CC[C@H]1O2. The molecular weight excluding hydrogens is 158 g/mol. The summed E-state index contributed by atoms with van der Waals surface area (Å²) in [5.41, 5.74) is 5.81. The summed E-state index contributed by atoms with van der Waals surface area (Å²) in [7, 11) is 1.39. The lowest BCUT2D eigenvalue weighted by molar-refractivity contribution is -0.147. The molecule has 2 aliphatic rings. The molecule has 2 aliphatic heterocycles. The first-order valence-corrected chi connectivity index (χ1v) is 4.23. The average Bonchev–Trinajstić information content (AvgIpc) is 2.63. The van der Waals surface area contributed by atoms with E-state index in [1.54, 1.807) is 0 Å². The van der Waals surface area contributed by atoms with Gasteiger partial charge in [-0.3, -0.25) is 4.79 Å². The first-order chi connectivity index (χ1) is 5.74. The van der Waals surface area contributed by atoms with Crippen molar-refractivity contribution >= 4 is 5.97 Å². The van der Waals surface area contributed by atoms with Crippen LogP contribution in [0.1, 0.15) is 12.8 Å². The summed E-state index contributed by atoms with van der Waals surface area (Å²) >= 11 is 0. The van der Waals surface area contributed by atoms with Crippen LogP contribution >= 0.6 is 0 Å². The van der Waals surface area contributed by atoms with E-state index in [-0.39, 0.29) is 30.1 Å². The smallest absolute Gasteiger partial charge is 0.312 e. The summed E-state index contributed by atoms with van der Waals surface area (Å²) in [5.74, 6) is -0.455. The van der Waals surface area contributed by atoms with Gasteiger partial charge in [0, 0.05) is 6.04 Å². The van der Waals surface area contributed by atoms with Gasteiger partial charge < -0.3 is 15.2 Å². The molecule has 0 saturated carbocycles. The second-order valence-corrected chi connectivity index (χ2v) is 3.42. The van der Waals surface area contributed by atoms with Crippen LogP contribution in [0, 0.1) is 5.92 Å². The number of ether oxygens (including phenoxy) is 2. The molecule has 0 aromatic rings. The van der Waals surface area contributed by atoms with E-state index in [2.05, 4.69) is 4.74 Å². The van der Waals surface area contributed by atoms with Crippen molar-refractivity contribution in [2.24, 2.45) is 11.7 Å². The number of esters is 1. The molecule has 0 aromatic heterocycles. The van der Waals surface area contributed by atoms with Crippen molar-refractivity contribution in [2.45, 2.75) is 31.1 Å². The Morgan fingerprint density at radius 3 is 2.67 bits per heavy atom. The van der Waals surface area contributed by atoms with Crippen molar-refractivity contribution in [3.63, 3.8) is 0 Å². The van der Waals surface area contributed by atoms with E-state index in [1.807, 2.05) is 0 Å². The third-order valence-corrected chi connectivity index (χ3v) is 2.80. The first kappa shape index (κ1) is 8.01. The molecule has 2 unspecified atom stereocenters. The Morgan fingerprint density at radius 2 is 2.17 bits per heavy atom. The number of rotatable bonds is 1. The van der Waals surface area contributed by atoms with Crippen LogP contribution in [-0.4, -0.2) is 31.3 Å². The molecule has 2 rings (SSSR count). The van der Waals surface area contributed by atoms with Gasteiger partial charge in [-0.25, -0.2) is 0 Å². The Morgan fingerprint density at radius 1 is 1.50 bits per heavy atom. The summed E-state index contributed by atoms with van der Waals surface area (Å²) < 4.78 is 10.2. The highest BCUT2D eigenvalue weighted by molar-refractivity contribution is 5.74. The zero-order valence-electron chi connectivity index (χ0n) is 7.03. The minimum atomic E-state index is -0.228. The maximum Gasteiger partial charge on any atom is 0.312 e. The molecular formula is C8H13NO3. The molecule has 0 radical (unpaired) electrons. The van der Waals surface area contributed by atoms with Gasteiger partial charge in [0.2, 0.25) is 0 Å². The fraction of sp³-hybridized carbons (Fsp3) is 0.875. The monoisotopic (exact) mass is 171 g/mol. The minimum absolute atomic E-state index is 0.0115.